The summed E-state index contributed by atoms with van der Waals surface area (Å²) in [6.07, 6.45) is 2.15. The first-order chi connectivity index (χ1) is 9.99. The number of carbonyl (C=O) groups excluding carboxylic acids is 1. The second kappa shape index (κ2) is 8.73. The summed E-state index contributed by atoms with van der Waals surface area (Å²) in [7, 11) is 0. The van der Waals surface area contributed by atoms with Gasteiger partial charge in [-0.1, -0.05) is 17.7 Å². The fourth-order valence-electron chi connectivity index (χ4n) is 2.84. The molecule has 4 nitrogen and oxygen atoms in total. The van der Waals surface area contributed by atoms with Gasteiger partial charge >= 0.3 is 0 Å². The van der Waals surface area contributed by atoms with Crippen molar-refractivity contribution < 1.29 is 4.79 Å². The van der Waals surface area contributed by atoms with Gasteiger partial charge in [0.05, 0.1) is 17.3 Å². The molecule has 0 aliphatic carbocycles. The summed E-state index contributed by atoms with van der Waals surface area (Å²) < 4.78 is 0. The molecule has 0 aromatic heterocycles. The van der Waals surface area contributed by atoms with Crippen molar-refractivity contribution >= 4 is 35.6 Å². The Balaban J connectivity index is 0.00000242. The number of anilines is 1. The van der Waals surface area contributed by atoms with Gasteiger partial charge in [-0.05, 0) is 69.4 Å². The van der Waals surface area contributed by atoms with Crippen LogP contribution in [0.15, 0.2) is 12.1 Å². The number of hydrogen-bond acceptors (Lipinski definition) is 3. The Labute approximate surface area is 143 Å². The molecule has 3 N–H and O–H groups in total. The molecule has 0 radical (unpaired) electrons. The predicted molar refractivity (Wildman–Crippen MR) is 95.0 cm³/mol. The van der Waals surface area contributed by atoms with Gasteiger partial charge < -0.3 is 11.1 Å². The van der Waals surface area contributed by atoms with Gasteiger partial charge in [-0.15, -0.1) is 12.4 Å². The van der Waals surface area contributed by atoms with Crippen molar-refractivity contribution in [2.75, 3.05) is 31.5 Å². The summed E-state index contributed by atoms with van der Waals surface area (Å²) in [4.78, 5) is 14.4. The van der Waals surface area contributed by atoms with E-state index in [1.807, 2.05) is 26.0 Å². The third-order valence-corrected chi connectivity index (χ3v) is 4.40. The van der Waals surface area contributed by atoms with Crippen molar-refractivity contribution in [1.82, 2.24) is 4.90 Å². The van der Waals surface area contributed by atoms with Crippen molar-refractivity contribution in [2.24, 2.45) is 11.7 Å². The van der Waals surface area contributed by atoms with E-state index in [4.69, 9.17) is 17.3 Å². The van der Waals surface area contributed by atoms with Crippen LogP contribution < -0.4 is 11.1 Å². The molecule has 1 aromatic carbocycles. The van der Waals surface area contributed by atoms with E-state index < -0.39 is 0 Å². The summed E-state index contributed by atoms with van der Waals surface area (Å²) in [5, 5.41) is 3.54. The number of benzene rings is 1. The fraction of sp³-hybridized carbons (Fsp3) is 0.562. The zero-order valence-corrected chi connectivity index (χ0v) is 14.8. The van der Waals surface area contributed by atoms with Crippen LogP contribution in [0.2, 0.25) is 5.02 Å². The normalized spacial score (nSPS) is 16.2. The van der Waals surface area contributed by atoms with Crippen LogP contribution in [0.5, 0.6) is 0 Å². The molecule has 0 spiro atoms. The zero-order chi connectivity index (χ0) is 15.4. The predicted octanol–water partition coefficient (Wildman–Crippen LogP) is 2.99. The smallest absolute Gasteiger partial charge is 0.238 e. The van der Waals surface area contributed by atoms with Gasteiger partial charge in [-0.3, -0.25) is 9.69 Å². The first-order valence-corrected chi connectivity index (χ1v) is 7.86. The molecule has 1 aliphatic rings. The van der Waals surface area contributed by atoms with Gasteiger partial charge in [0.2, 0.25) is 5.91 Å². The lowest BCUT2D eigenvalue weighted by atomic mass is 9.97. The number of carbonyl (C=O) groups is 1. The summed E-state index contributed by atoms with van der Waals surface area (Å²) in [5.74, 6) is 0.605. The number of nitrogens with one attached hydrogen (secondary N) is 1. The molecule has 1 heterocycles. The number of amides is 1. The Morgan fingerprint density at radius 3 is 2.55 bits per heavy atom. The van der Waals surface area contributed by atoms with Crippen LogP contribution in [0.1, 0.15) is 24.0 Å². The first-order valence-electron chi connectivity index (χ1n) is 7.48. The minimum absolute atomic E-state index is 0. The Morgan fingerprint density at radius 2 is 2.00 bits per heavy atom. The van der Waals surface area contributed by atoms with Crippen LogP contribution in [0.25, 0.3) is 0 Å². The number of aryl methyl sites for hydroxylation is 2. The second-order valence-electron chi connectivity index (χ2n) is 5.94. The van der Waals surface area contributed by atoms with Crippen LogP contribution in [0, 0.1) is 19.8 Å². The first kappa shape index (κ1) is 19.2. The maximum absolute atomic E-state index is 12.2. The topological polar surface area (TPSA) is 58.4 Å². The van der Waals surface area contributed by atoms with Crippen LogP contribution in [0.3, 0.4) is 0 Å². The van der Waals surface area contributed by atoms with E-state index in [2.05, 4.69) is 10.2 Å². The second-order valence-corrected chi connectivity index (χ2v) is 6.35. The molecule has 1 saturated heterocycles. The molecular formula is C16H25Cl2N3O. The highest BCUT2D eigenvalue weighted by Crippen LogP contribution is 2.27. The van der Waals surface area contributed by atoms with Gasteiger partial charge in [0.25, 0.3) is 0 Å². The van der Waals surface area contributed by atoms with Crippen molar-refractivity contribution in [3.63, 3.8) is 0 Å². The largest absolute Gasteiger partial charge is 0.330 e. The third kappa shape index (κ3) is 5.13. The number of nitrogens with two attached hydrogens (primary N) is 1. The Morgan fingerprint density at radius 1 is 1.36 bits per heavy atom. The fourth-order valence-corrected chi connectivity index (χ4v) is 3.20. The average molecular weight is 346 g/mol. The van der Waals surface area contributed by atoms with E-state index in [1.165, 1.54) is 0 Å². The van der Waals surface area contributed by atoms with E-state index in [0.29, 0.717) is 17.5 Å². The van der Waals surface area contributed by atoms with Gasteiger partial charge in [0.15, 0.2) is 0 Å². The van der Waals surface area contributed by atoms with Crippen LogP contribution in [-0.4, -0.2) is 37.0 Å². The van der Waals surface area contributed by atoms with E-state index in [0.717, 1.165) is 49.3 Å². The molecule has 6 heteroatoms. The van der Waals surface area contributed by atoms with Gasteiger partial charge in [-0.25, -0.2) is 0 Å². The molecule has 1 amide bonds. The lowest BCUT2D eigenvalue weighted by molar-refractivity contribution is -0.117. The molecule has 124 valence electrons. The van der Waals surface area contributed by atoms with E-state index >= 15 is 0 Å². The molecule has 2 rings (SSSR count). The number of nitrogens with zero attached hydrogens (tertiary/aromatic N) is 1. The Bertz CT molecular complexity index is 491. The lowest BCUT2D eigenvalue weighted by Crippen LogP contribution is -2.40. The molecule has 0 atom stereocenters. The molecule has 0 saturated carbocycles. The monoisotopic (exact) mass is 345 g/mol. The van der Waals surface area contributed by atoms with Crippen LogP contribution >= 0.6 is 24.0 Å². The van der Waals surface area contributed by atoms with Gasteiger partial charge in [-0.2, -0.15) is 0 Å². The average Bonchev–Trinajstić information content (AvgIpc) is 2.43. The highest BCUT2D eigenvalue weighted by Gasteiger charge is 2.20. The van der Waals surface area contributed by atoms with Crippen molar-refractivity contribution in [1.29, 1.82) is 0 Å². The summed E-state index contributed by atoms with van der Waals surface area (Å²) in [5.41, 5.74) is 8.50. The summed E-state index contributed by atoms with van der Waals surface area (Å²) in [6, 6.07) is 3.89. The molecule has 1 aromatic rings. The van der Waals surface area contributed by atoms with Crippen molar-refractivity contribution in [3.8, 4) is 0 Å². The van der Waals surface area contributed by atoms with Gasteiger partial charge in [0.1, 0.15) is 0 Å². The number of piperidine rings is 1. The molecule has 1 aliphatic heterocycles. The maximum Gasteiger partial charge on any atom is 0.238 e. The van der Waals surface area contributed by atoms with Crippen LogP contribution in [-0.2, 0) is 4.79 Å². The van der Waals surface area contributed by atoms with Gasteiger partial charge in [0, 0.05) is 0 Å². The molecular weight excluding hydrogens is 321 g/mol. The van der Waals surface area contributed by atoms with E-state index in [9.17, 15) is 4.79 Å². The molecule has 0 unspecified atom stereocenters. The molecule has 1 fully saturated rings. The lowest BCUT2D eigenvalue weighted by Gasteiger charge is -2.30. The highest BCUT2D eigenvalue weighted by atomic mass is 35.5. The standard InChI is InChI=1S/C16H24ClN3O.ClH/c1-11-7-12(2)16(14(17)8-11)19-15(21)10-20-5-3-13(9-18)4-6-20;/h7-8,13H,3-6,9-10,18H2,1-2H3,(H,19,21);1H. The third-order valence-electron chi connectivity index (χ3n) is 4.10. The number of halogens is 2. The molecule has 22 heavy (non-hydrogen) atoms. The van der Waals surface area contributed by atoms with E-state index in [1.54, 1.807) is 0 Å². The highest BCUT2D eigenvalue weighted by molar-refractivity contribution is 6.34. The van der Waals surface area contributed by atoms with E-state index in [-0.39, 0.29) is 18.3 Å². The zero-order valence-electron chi connectivity index (χ0n) is 13.2. The van der Waals surface area contributed by atoms with Crippen molar-refractivity contribution in [2.45, 2.75) is 26.7 Å². The minimum Gasteiger partial charge on any atom is -0.330 e. The SMILES string of the molecule is Cc1cc(C)c(NC(=O)CN2CCC(CN)CC2)c(Cl)c1.Cl. The summed E-state index contributed by atoms with van der Waals surface area (Å²) in [6.45, 7) is 7.00. The quantitative estimate of drug-likeness (QED) is 0.881. The molecule has 0 bridgehead atoms. The number of likely N-dealkylation sites (tertiary alicyclic amines) is 1. The number of hydrogen-bond donors (Lipinski definition) is 2. The Kier molecular flexibility index (Phi) is 7.63. The Hall–Kier alpha value is -0.810. The maximum atomic E-state index is 12.2. The summed E-state index contributed by atoms with van der Waals surface area (Å²) >= 11 is 6.22. The number of rotatable bonds is 4. The van der Waals surface area contributed by atoms with Crippen molar-refractivity contribution in [3.05, 3.63) is 28.3 Å². The minimum atomic E-state index is -0.00458. The van der Waals surface area contributed by atoms with Crippen LogP contribution in [0.4, 0.5) is 5.69 Å².